The van der Waals surface area contributed by atoms with Crippen LogP contribution in [0.2, 0.25) is 0 Å². The van der Waals surface area contributed by atoms with Crippen molar-refractivity contribution in [3.8, 4) is 0 Å². The maximum absolute atomic E-state index is 6.11. The number of nitrogens with zero attached hydrogens (tertiary/aromatic N) is 1. The summed E-state index contributed by atoms with van der Waals surface area (Å²) in [5.41, 5.74) is 2.69. The zero-order valence-corrected chi connectivity index (χ0v) is 15.3. The Morgan fingerprint density at radius 3 is 2.29 bits per heavy atom. The molecule has 2 heterocycles. The van der Waals surface area contributed by atoms with E-state index in [9.17, 15) is 0 Å². The van der Waals surface area contributed by atoms with Crippen LogP contribution in [0.1, 0.15) is 27.7 Å². The molecule has 0 spiro atoms. The molecule has 0 aliphatic carbocycles. The highest BCUT2D eigenvalue weighted by Gasteiger charge is 2.51. The van der Waals surface area contributed by atoms with E-state index in [4.69, 9.17) is 18.8 Å². The largest absolute Gasteiger partial charge is 0.494 e. The third kappa shape index (κ3) is 3.29. The fraction of sp³-hybridized carbons (Fsp3) is 0.611. The molecule has 24 heavy (non-hydrogen) atoms. The molecule has 0 saturated carbocycles. The average molecular weight is 332 g/mol. The van der Waals surface area contributed by atoms with Gasteiger partial charge in [-0.05, 0) is 33.2 Å². The molecule has 130 valence electrons. The third-order valence-electron chi connectivity index (χ3n) is 5.15. The van der Waals surface area contributed by atoms with Gasteiger partial charge in [-0.3, -0.25) is 0 Å². The van der Waals surface area contributed by atoms with Crippen LogP contribution in [0.4, 0.5) is 5.69 Å². The summed E-state index contributed by atoms with van der Waals surface area (Å²) in [7, 11) is 1.39. The summed E-state index contributed by atoms with van der Waals surface area (Å²) < 4.78 is 25.3. The zero-order valence-electron chi connectivity index (χ0n) is 15.3. The molecule has 0 aromatic heterocycles. The van der Waals surface area contributed by atoms with Crippen molar-refractivity contribution in [2.45, 2.75) is 38.9 Å². The van der Waals surface area contributed by atoms with Crippen molar-refractivity contribution in [1.29, 1.82) is 0 Å². The summed E-state index contributed by atoms with van der Waals surface area (Å²) in [5.74, 6) is 0. The lowest BCUT2D eigenvalue weighted by molar-refractivity contribution is -0.457. The van der Waals surface area contributed by atoms with E-state index in [0.29, 0.717) is 13.2 Å². The van der Waals surface area contributed by atoms with E-state index in [1.54, 1.807) is 7.11 Å². The molecule has 1 saturated heterocycles. The quantitative estimate of drug-likeness (QED) is 0.622. The Balaban J connectivity index is 1.81. The van der Waals surface area contributed by atoms with Gasteiger partial charge in [0.25, 0.3) is 0 Å². The van der Waals surface area contributed by atoms with Crippen LogP contribution in [0.3, 0.4) is 0 Å². The Labute approximate surface area is 144 Å². The normalized spacial score (nSPS) is 23.0. The van der Waals surface area contributed by atoms with Gasteiger partial charge in [-0.1, -0.05) is 12.1 Å². The second-order valence-corrected chi connectivity index (χ2v) is 7.38. The fourth-order valence-electron chi connectivity index (χ4n) is 2.97. The van der Waals surface area contributed by atoms with E-state index in [-0.39, 0.29) is 18.3 Å². The van der Waals surface area contributed by atoms with Crippen molar-refractivity contribution in [1.82, 2.24) is 0 Å². The Bertz CT molecular complexity index is 608. The summed E-state index contributed by atoms with van der Waals surface area (Å²) in [6.07, 6.45) is 0. The van der Waals surface area contributed by atoms with Crippen molar-refractivity contribution in [2.24, 2.45) is 0 Å². The minimum absolute atomic E-state index is 0.319. The first-order valence-electron chi connectivity index (χ1n) is 8.48. The van der Waals surface area contributed by atoms with E-state index >= 15 is 0 Å². The number of rotatable bonds is 4. The number of ether oxygens (including phenoxy) is 2. The summed E-state index contributed by atoms with van der Waals surface area (Å²) in [6, 6.07) is 8.39. The van der Waals surface area contributed by atoms with Gasteiger partial charge in [0.2, 0.25) is 11.4 Å². The molecule has 0 amide bonds. The van der Waals surface area contributed by atoms with Crippen LogP contribution < -0.4 is 5.46 Å². The van der Waals surface area contributed by atoms with Crippen molar-refractivity contribution in [2.75, 3.05) is 33.5 Å². The SMILES string of the molecule is COCC1=[N+](c2ccc(B3OC(C)(C)C(C)(C)O3)cc2)CCOC1. The summed E-state index contributed by atoms with van der Waals surface area (Å²) >= 11 is 0. The second kappa shape index (κ2) is 6.60. The molecule has 1 aromatic rings. The molecule has 6 heteroatoms. The molecule has 0 radical (unpaired) electrons. The molecular formula is C18H27BNO4+. The minimum atomic E-state index is -0.323. The van der Waals surface area contributed by atoms with Gasteiger partial charge in [0, 0.05) is 19.2 Å². The number of methoxy groups -OCH3 is 1. The molecule has 0 unspecified atom stereocenters. The predicted octanol–water partition coefficient (Wildman–Crippen LogP) is 1.75. The number of benzene rings is 1. The molecule has 0 bridgehead atoms. The molecule has 0 atom stereocenters. The lowest BCUT2D eigenvalue weighted by Gasteiger charge is -2.32. The highest BCUT2D eigenvalue weighted by Crippen LogP contribution is 2.36. The van der Waals surface area contributed by atoms with Crippen molar-refractivity contribution < 1.29 is 23.4 Å². The van der Waals surface area contributed by atoms with E-state index in [2.05, 4.69) is 56.5 Å². The van der Waals surface area contributed by atoms with Crippen molar-refractivity contribution >= 4 is 24.0 Å². The molecular weight excluding hydrogens is 305 g/mol. The molecule has 1 fully saturated rings. The topological polar surface area (TPSA) is 39.9 Å². The summed E-state index contributed by atoms with van der Waals surface area (Å²) in [6.45, 7) is 11.1. The van der Waals surface area contributed by atoms with Gasteiger partial charge < -0.3 is 18.8 Å². The minimum Gasteiger partial charge on any atom is -0.399 e. The van der Waals surface area contributed by atoms with Gasteiger partial charge in [-0.15, -0.1) is 0 Å². The van der Waals surface area contributed by atoms with Crippen molar-refractivity contribution in [3.63, 3.8) is 0 Å². The van der Waals surface area contributed by atoms with Gasteiger partial charge in [-0.2, -0.15) is 4.58 Å². The zero-order chi connectivity index (χ0) is 17.4. The molecule has 0 N–H and O–H groups in total. The van der Waals surface area contributed by atoms with Gasteiger partial charge in [0.05, 0.1) is 11.2 Å². The Hall–Kier alpha value is -1.21. The van der Waals surface area contributed by atoms with Crippen LogP contribution in [-0.4, -0.2) is 62.1 Å². The third-order valence-corrected chi connectivity index (χ3v) is 5.15. The van der Waals surface area contributed by atoms with Gasteiger partial charge in [-0.25, -0.2) is 0 Å². The van der Waals surface area contributed by atoms with Gasteiger partial charge >= 0.3 is 7.12 Å². The smallest absolute Gasteiger partial charge is 0.399 e. The fourth-order valence-corrected chi connectivity index (χ4v) is 2.97. The Kier molecular flexibility index (Phi) is 4.84. The first-order valence-corrected chi connectivity index (χ1v) is 8.48. The van der Waals surface area contributed by atoms with Gasteiger partial charge in [0.15, 0.2) is 6.54 Å². The van der Waals surface area contributed by atoms with Crippen LogP contribution in [-0.2, 0) is 18.8 Å². The van der Waals surface area contributed by atoms with Crippen LogP contribution >= 0.6 is 0 Å². The Morgan fingerprint density at radius 1 is 1.08 bits per heavy atom. The van der Waals surface area contributed by atoms with Gasteiger partial charge in [0.1, 0.15) is 19.8 Å². The predicted molar refractivity (Wildman–Crippen MR) is 94.6 cm³/mol. The monoisotopic (exact) mass is 332 g/mol. The van der Waals surface area contributed by atoms with Crippen LogP contribution in [0.25, 0.3) is 0 Å². The average Bonchev–Trinajstić information content (AvgIpc) is 2.77. The van der Waals surface area contributed by atoms with Crippen LogP contribution in [0.5, 0.6) is 0 Å². The standard InChI is InChI=1S/C18H27BNO4/c1-17(2)18(3,4)24-19(23-17)14-6-8-15(9-7-14)20-10-11-22-13-16(20)12-21-5/h6-9H,10-13H2,1-5H3/q+1. The van der Waals surface area contributed by atoms with Crippen molar-refractivity contribution in [3.05, 3.63) is 24.3 Å². The number of hydrogen-bond donors (Lipinski definition) is 0. The summed E-state index contributed by atoms with van der Waals surface area (Å²) in [5, 5.41) is 0. The number of hydrogen-bond acceptors (Lipinski definition) is 4. The van der Waals surface area contributed by atoms with Crippen LogP contribution in [0.15, 0.2) is 24.3 Å². The molecule has 2 aliphatic rings. The van der Waals surface area contributed by atoms with E-state index < -0.39 is 0 Å². The maximum atomic E-state index is 6.11. The van der Waals surface area contributed by atoms with E-state index in [1.807, 2.05) is 0 Å². The van der Waals surface area contributed by atoms with E-state index in [0.717, 1.165) is 30.0 Å². The molecule has 1 aromatic carbocycles. The Morgan fingerprint density at radius 2 is 1.71 bits per heavy atom. The molecule has 2 aliphatic heterocycles. The highest BCUT2D eigenvalue weighted by atomic mass is 16.7. The maximum Gasteiger partial charge on any atom is 0.494 e. The van der Waals surface area contributed by atoms with E-state index in [1.165, 1.54) is 0 Å². The first kappa shape index (κ1) is 17.6. The summed E-state index contributed by atoms with van der Waals surface area (Å²) in [4.78, 5) is 0. The molecule has 5 nitrogen and oxygen atoms in total. The lowest BCUT2D eigenvalue weighted by Crippen LogP contribution is -2.41. The highest BCUT2D eigenvalue weighted by molar-refractivity contribution is 6.62. The molecule has 3 rings (SSSR count). The second-order valence-electron chi connectivity index (χ2n) is 7.38. The lowest BCUT2D eigenvalue weighted by atomic mass is 9.79. The van der Waals surface area contributed by atoms with Crippen LogP contribution in [0, 0.1) is 0 Å². The first-order chi connectivity index (χ1) is 11.3.